The lowest BCUT2D eigenvalue weighted by Crippen LogP contribution is -2.09. The van der Waals surface area contributed by atoms with E-state index in [1.165, 1.54) is 6.08 Å². The summed E-state index contributed by atoms with van der Waals surface area (Å²) in [5.74, 6) is -0.492. The Labute approximate surface area is 237 Å². The van der Waals surface area contributed by atoms with Gasteiger partial charge in [0, 0.05) is 17.0 Å². The third kappa shape index (κ3) is 6.76. The van der Waals surface area contributed by atoms with Gasteiger partial charge in [-0.15, -0.1) is 0 Å². The summed E-state index contributed by atoms with van der Waals surface area (Å²) in [6.07, 6.45) is 5.91. The average Bonchev–Trinajstić information content (AvgIpc) is 3.01. The van der Waals surface area contributed by atoms with E-state index in [4.69, 9.17) is 13.9 Å². The van der Waals surface area contributed by atoms with Crippen LogP contribution in [0.25, 0.3) is 33.1 Å². The number of hydrogen-bond donors (Lipinski definition) is 0. The van der Waals surface area contributed by atoms with Crippen LogP contribution in [0.2, 0.25) is 0 Å². The van der Waals surface area contributed by atoms with E-state index in [1.54, 1.807) is 36.4 Å². The van der Waals surface area contributed by atoms with Crippen molar-refractivity contribution in [3.63, 3.8) is 0 Å². The Balaban J connectivity index is 1.16. The zero-order chi connectivity index (χ0) is 28.6. The predicted octanol–water partition coefficient (Wildman–Crippen LogP) is 7.06. The lowest BCUT2D eigenvalue weighted by Gasteiger charge is -2.07. The number of nitrogens with zero attached hydrogens (tertiary/aromatic N) is 1. The molecule has 4 aromatic carbocycles. The van der Waals surface area contributed by atoms with Crippen molar-refractivity contribution < 1.29 is 23.5 Å². The van der Waals surface area contributed by atoms with E-state index in [0.717, 1.165) is 48.4 Å². The second-order valence-electron chi connectivity index (χ2n) is 9.63. The summed E-state index contributed by atoms with van der Waals surface area (Å²) in [5, 5.41) is 1.80. The second-order valence-corrected chi connectivity index (χ2v) is 9.63. The van der Waals surface area contributed by atoms with Gasteiger partial charge in [0.15, 0.2) is 11.3 Å². The van der Waals surface area contributed by atoms with Gasteiger partial charge in [-0.2, -0.15) is 0 Å². The molecule has 0 aliphatic rings. The molecule has 0 aliphatic carbocycles. The number of rotatable bonds is 11. The van der Waals surface area contributed by atoms with Gasteiger partial charge in [-0.25, -0.2) is 19.4 Å². The van der Waals surface area contributed by atoms with E-state index in [-0.39, 0.29) is 11.7 Å². The molecular weight excluding hydrogens is 518 g/mol. The first-order chi connectivity index (χ1) is 20.0. The van der Waals surface area contributed by atoms with Crippen LogP contribution in [0.5, 0.6) is 5.75 Å². The molecule has 5 aromatic rings. The highest BCUT2D eigenvalue weighted by atomic mass is 16.5. The number of unbranched alkanes of at least 4 members (excludes halogenated alkanes) is 3. The number of fused-ring (bicyclic) bond motifs is 3. The molecule has 5 rings (SSSR count). The summed E-state index contributed by atoms with van der Waals surface area (Å²) in [5.41, 5.74) is 2.85. The van der Waals surface area contributed by atoms with Gasteiger partial charge < -0.3 is 13.9 Å². The molecule has 206 valence electrons. The van der Waals surface area contributed by atoms with Gasteiger partial charge in [0.2, 0.25) is 0 Å². The average molecular weight is 548 g/mol. The molecular formula is C34H29NO6. The molecule has 41 heavy (non-hydrogen) atoms. The maximum absolute atomic E-state index is 12.8. The summed E-state index contributed by atoms with van der Waals surface area (Å²) in [6, 6.07) is 25.4. The summed E-state index contributed by atoms with van der Waals surface area (Å²) in [7, 11) is 0. The topological polar surface area (TPSA) is 95.7 Å². The number of ether oxygens (including phenoxy) is 2. The Kier molecular flexibility index (Phi) is 8.64. The van der Waals surface area contributed by atoms with Crippen molar-refractivity contribution in [3.8, 4) is 17.0 Å². The summed E-state index contributed by atoms with van der Waals surface area (Å²) >= 11 is 0. The zero-order valence-corrected chi connectivity index (χ0v) is 22.5. The molecule has 1 aromatic heterocycles. The van der Waals surface area contributed by atoms with Crippen molar-refractivity contribution in [2.45, 2.75) is 32.1 Å². The predicted molar refractivity (Wildman–Crippen MR) is 158 cm³/mol. The molecule has 0 aliphatic heterocycles. The van der Waals surface area contributed by atoms with E-state index < -0.39 is 11.6 Å². The van der Waals surface area contributed by atoms with E-state index in [0.29, 0.717) is 34.6 Å². The fourth-order valence-electron chi connectivity index (χ4n) is 4.59. The third-order valence-electron chi connectivity index (χ3n) is 6.78. The van der Waals surface area contributed by atoms with Crippen molar-refractivity contribution in [1.82, 2.24) is 4.98 Å². The summed E-state index contributed by atoms with van der Waals surface area (Å²) < 4.78 is 16.2. The van der Waals surface area contributed by atoms with E-state index in [1.807, 2.05) is 48.5 Å². The lowest BCUT2D eigenvalue weighted by atomic mass is 10.0. The minimum absolute atomic E-state index is 0.192. The first-order valence-electron chi connectivity index (χ1n) is 13.6. The Morgan fingerprint density at radius 1 is 0.854 bits per heavy atom. The summed E-state index contributed by atoms with van der Waals surface area (Å²) in [4.78, 5) is 41.0. The van der Waals surface area contributed by atoms with Crippen LogP contribution >= 0.6 is 0 Å². The monoisotopic (exact) mass is 547 g/mol. The molecule has 0 unspecified atom stereocenters. The molecule has 7 nitrogen and oxygen atoms in total. The minimum atomic E-state index is -0.535. The quantitative estimate of drug-likeness (QED) is 0.0574. The van der Waals surface area contributed by atoms with Gasteiger partial charge in [-0.3, -0.25) is 0 Å². The largest absolute Gasteiger partial charge is 0.463 e. The smallest absolute Gasteiger partial charge is 0.363 e. The Morgan fingerprint density at radius 2 is 1.61 bits per heavy atom. The molecule has 0 saturated heterocycles. The molecule has 0 atom stereocenters. The molecule has 0 radical (unpaired) electrons. The molecule has 0 fully saturated rings. The van der Waals surface area contributed by atoms with Crippen LogP contribution in [-0.4, -0.2) is 23.5 Å². The molecule has 0 bridgehead atoms. The molecule has 1 heterocycles. The molecule has 0 spiro atoms. The van der Waals surface area contributed by atoms with Crippen LogP contribution in [0.1, 0.15) is 41.6 Å². The molecule has 0 saturated carbocycles. The zero-order valence-electron chi connectivity index (χ0n) is 22.5. The van der Waals surface area contributed by atoms with Gasteiger partial charge in [0.05, 0.1) is 12.2 Å². The van der Waals surface area contributed by atoms with Gasteiger partial charge in [-0.1, -0.05) is 61.9 Å². The van der Waals surface area contributed by atoms with Crippen molar-refractivity contribution >= 4 is 33.8 Å². The van der Waals surface area contributed by atoms with Crippen molar-refractivity contribution in [1.29, 1.82) is 0 Å². The Bertz CT molecular complexity index is 1750. The molecule has 7 heteroatoms. The molecule has 0 N–H and O–H groups in total. The third-order valence-corrected chi connectivity index (χ3v) is 6.78. The number of esters is 2. The number of aryl methyl sites for hydroxylation is 1. The highest BCUT2D eigenvalue weighted by Crippen LogP contribution is 2.26. The van der Waals surface area contributed by atoms with E-state index in [9.17, 15) is 14.4 Å². The highest BCUT2D eigenvalue weighted by Gasteiger charge is 2.13. The highest BCUT2D eigenvalue weighted by molar-refractivity contribution is 6.02. The maximum Gasteiger partial charge on any atom is 0.363 e. The lowest BCUT2D eigenvalue weighted by molar-refractivity contribution is -0.137. The molecule has 0 amide bonds. The van der Waals surface area contributed by atoms with Crippen LogP contribution < -0.4 is 10.4 Å². The maximum atomic E-state index is 12.8. The second kappa shape index (κ2) is 12.9. The minimum Gasteiger partial charge on any atom is -0.463 e. The Morgan fingerprint density at radius 3 is 2.39 bits per heavy atom. The number of aromatic nitrogens is 1. The van der Waals surface area contributed by atoms with Crippen molar-refractivity contribution in [2.24, 2.45) is 0 Å². The fourth-order valence-corrected chi connectivity index (χ4v) is 4.59. The van der Waals surface area contributed by atoms with Crippen molar-refractivity contribution in [2.75, 3.05) is 6.61 Å². The Hall–Kier alpha value is -5.04. The normalized spacial score (nSPS) is 10.9. The van der Waals surface area contributed by atoms with Crippen molar-refractivity contribution in [3.05, 3.63) is 119 Å². The van der Waals surface area contributed by atoms with E-state index >= 15 is 0 Å². The van der Waals surface area contributed by atoms with E-state index in [2.05, 4.69) is 11.6 Å². The SMILES string of the molecule is C=CC(=O)OCCCCCCc1ccc(C(=O)Oc2ccc(-c3nc4ccc5ccccc5c4oc3=O)cc2)cc1. The van der Waals surface area contributed by atoms with Gasteiger partial charge in [0.1, 0.15) is 11.3 Å². The van der Waals surface area contributed by atoms with Crippen LogP contribution in [0.15, 0.2) is 107 Å². The number of benzene rings is 4. The number of hydrogen-bond acceptors (Lipinski definition) is 7. The van der Waals surface area contributed by atoms with Crippen LogP contribution in [-0.2, 0) is 16.0 Å². The first-order valence-corrected chi connectivity index (χ1v) is 13.6. The standard InChI is InChI=1S/C34H29NO6/c1-2-30(36)39-22-8-4-3-5-9-23-12-14-26(15-13-23)33(37)40-27-19-16-25(17-20-27)31-34(38)41-32-28-11-7-6-10-24(28)18-21-29(32)35-31/h2,6-7,10-21H,1,3-5,8-9,22H2. The van der Waals surface area contributed by atoms with Crippen LogP contribution in [0, 0.1) is 0 Å². The number of carbonyl (C=O) groups excluding carboxylic acids is 2. The fraction of sp³-hybridized carbons (Fsp3) is 0.176. The van der Waals surface area contributed by atoms with Gasteiger partial charge >= 0.3 is 17.6 Å². The summed E-state index contributed by atoms with van der Waals surface area (Å²) in [6.45, 7) is 3.79. The van der Waals surface area contributed by atoms with Gasteiger partial charge in [-0.05, 0) is 72.7 Å². The number of carbonyl (C=O) groups is 2. The van der Waals surface area contributed by atoms with Crippen LogP contribution in [0.3, 0.4) is 0 Å². The van der Waals surface area contributed by atoms with Crippen LogP contribution in [0.4, 0.5) is 0 Å². The first kappa shape index (κ1) is 27.5. The van der Waals surface area contributed by atoms with Gasteiger partial charge in [0.25, 0.3) is 0 Å².